The summed E-state index contributed by atoms with van der Waals surface area (Å²) in [4.78, 5) is 0. The molecule has 2 nitrogen and oxygen atoms in total. The molecule has 0 aliphatic heterocycles. The Balaban J connectivity index is 2.86. The van der Waals surface area contributed by atoms with Gasteiger partial charge in [0, 0.05) is 0 Å². The third-order valence-corrected chi connectivity index (χ3v) is 3.03. The molecule has 0 aliphatic rings. The number of allylic oxidation sites excluding steroid dienone is 1. The molecule has 0 amide bonds. The fourth-order valence-electron chi connectivity index (χ4n) is 1.07. The zero-order valence-electron chi connectivity index (χ0n) is 8.11. The number of hydrogen-bond donors (Lipinski definition) is 0. The monoisotopic (exact) mass is 250 g/mol. The molecule has 0 fully saturated rings. The summed E-state index contributed by atoms with van der Waals surface area (Å²) in [6.45, 7) is 0. The van der Waals surface area contributed by atoms with Crippen LogP contribution < -0.4 is 0 Å². The van der Waals surface area contributed by atoms with Crippen molar-refractivity contribution in [2.24, 2.45) is 0 Å². The first kappa shape index (κ1) is 12.8. The van der Waals surface area contributed by atoms with Gasteiger partial charge in [-0.05, 0) is 5.56 Å². The van der Waals surface area contributed by atoms with Crippen molar-refractivity contribution in [1.29, 1.82) is 0 Å². The van der Waals surface area contributed by atoms with Gasteiger partial charge in [-0.25, -0.2) is 21.6 Å². The number of alkyl halides is 2. The Labute approximate surface area is 91.3 Å². The zero-order chi connectivity index (χ0) is 12.2. The van der Waals surface area contributed by atoms with Crippen LogP contribution >= 0.6 is 0 Å². The van der Waals surface area contributed by atoms with E-state index in [0.29, 0.717) is 5.56 Å². The van der Waals surface area contributed by atoms with E-state index in [1.807, 2.05) is 0 Å². The van der Waals surface area contributed by atoms with Gasteiger partial charge in [-0.15, -0.1) is 0 Å². The van der Waals surface area contributed by atoms with E-state index >= 15 is 0 Å². The van der Waals surface area contributed by atoms with E-state index in [9.17, 15) is 21.6 Å². The first-order chi connectivity index (χ1) is 7.41. The Morgan fingerprint density at radius 1 is 1.25 bits per heavy atom. The minimum Gasteiger partial charge on any atom is -0.224 e. The van der Waals surface area contributed by atoms with Gasteiger partial charge in [0.15, 0.2) is 15.7 Å². The van der Waals surface area contributed by atoms with Gasteiger partial charge >= 0.3 is 0 Å². The molecule has 0 atom stereocenters. The van der Waals surface area contributed by atoms with Crippen LogP contribution in [0.3, 0.4) is 0 Å². The molecule has 0 N–H and O–H groups in total. The molecule has 0 saturated heterocycles. The van der Waals surface area contributed by atoms with Gasteiger partial charge in [0.2, 0.25) is 0 Å². The molecule has 0 saturated carbocycles. The highest BCUT2D eigenvalue weighted by Gasteiger charge is 2.16. The Kier molecular flexibility index (Phi) is 4.12. The smallest absolute Gasteiger partial charge is 0.224 e. The molecule has 1 aromatic rings. The minimum atomic E-state index is -4.00. The number of benzene rings is 1. The summed E-state index contributed by atoms with van der Waals surface area (Å²) in [5.41, 5.74) is 0.417. The van der Waals surface area contributed by atoms with Gasteiger partial charge in [0.1, 0.15) is 0 Å². The number of halogens is 3. The van der Waals surface area contributed by atoms with Gasteiger partial charge in [0.25, 0.3) is 6.43 Å². The van der Waals surface area contributed by atoms with E-state index in [1.165, 1.54) is 12.1 Å². The topological polar surface area (TPSA) is 34.1 Å². The lowest BCUT2D eigenvalue weighted by atomic mass is 10.2. The van der Waals surface area contributed by atoms with E-state index in [0.717, 1.165) is 0 Å². The van der Waals surface area contributed by atoms with Crippen molar-refractivity contribution >= 4 is 9.84 Å². The highest BCUT2D eigenvalue weighted by Crippen LogP contribution is 2.14. The van der Waals surface area contributed by atoms with Crippen LogP contribution in [-0.4, -0.2) is 14.8 Å². The largest absolute Gasteiger partial charge is 0.290 e. The van der Waals surface area contributed by atoms with Crippen LogP contribution in [0.2, 0.25) is 0 Å². The van der Waals surface area contributed by atoms with E-state index in [-0.39, 0.29) is 5.41 Å². The summed E-state index contributed by atoms with van der Waals surface area (Å²) in [6, 6.07) is 7.94. The lowest BCUT2D eigenvalue weighted by Crippen LogP contribution is -2.03. The number of sulfone groups is 1. The Morgan fingerprint density at radius 3 is 2.31 bits per heavy atom. The summed E-state index contributed by atoms with van der Waals surface area (Å²) >= 11 is 0. The van der Waals surface area contributed by atoms with Crippen LogP contribution in [0.15, 0.2) is 41.6 Å². The summed E-state index contributed by atoms with van der Waals surface area (Å²) in [6.07, 6.45) is -3.40. The SMILES string of the molecule is O=S(=O)(/C=C(\F)C(F)F)Cc1ccccc1. The molecule has 6 heteroatoms. The summed E-state index contributed by atoms with van der Waals surface area (Å²) < 4.78 is 58.6. The van der Waals surface area contributed by atoms with Crippen LogP contribution in [-0.2, 0) is 15.6 Å². The maximum Gasteiger partial charge on any atom is 0.290 e. The average molecular weight is 250 g/mol. The van der Waals surface area contributed by atoms with Gasteiger partial charge in [-0.2, -0.15) is 0 Å². The van der Waals surface area contributed by atoms with Crippen LogP contribution in [0, 0.1) is 0 Å². The van der Waals surface area contributed by atoms with Crippen LogP contribution in [0.25, 0.3) is 0 Å². The van der Waals surface area contributed by atoms with E-state index < -0.39 is 27.8 Å². The quantitative estimate of drug-likeness (QED) is 0.823. The summed E-state index contributed by atoms with van der Waals surface area (Å²) in [5, 5.41) is -0.0231. The molecule has 0 aliphatic carbocycles. The number of rotatable bonds is 4. The van der Waals surface area contributed by atoms with E-state index in [4.69, 9.17) is 0 Å². The molecule has 0 spiro atoms. The molecular formula is C10H9F3O2S. The molecule has 1 aromatic carbocycles. The molecule has 0 heterocycles. The standard InChI is InChI=1S/C10H9F3O2S/c11-9(10(12)13)7-16(14,15)6-8-4-2-1-3-5-8/h1-5,7,10H,6H2/b9-7-. The lowest BCUT2D eigenvalue weighted by Gasteiger charge is -2.00. The third kappa shape index (κ3) is 4.06. The zero-order valence-corrected chi connectivity index (χ0v) is 8.92. The van der Waals surface area contributed by atoms with Gasteiger partial charge in [-0.3, -0.25) is 0 Å². The predicted molar refractivity (Wildman–Crippen MR) is 54.3 cm³/mol. The molecule has 0 unspecified atom stereocenters. The van der Waals surface area contributed by atoms with Gasteiger partial charge < -0.3 is 0 Å². The Morgan fingerprint density at radius 2 is 1.81 bits per heavy atom. The van der Waals surface area contributed by atoms with Crippen LogP contribution in [0.5, 0.6) is 0 Å². The molecule has 88 valence electrons. The molecule has 0 bridgehead atoms. The van der Waals surface area contributed by atoms with Crippen molar-refractivity contribution in [3.63, 3.8) is 0 Å². The second-order valence-electron chi connectivity index (χ2n) is 3.10. The Bertz CT molecular complexity index is 466. The number of hydrogen-bond acceptors (Lipinski definition) is 2. The first-order valence-electron chi connectivity index (χ1n) is 4.32. The third-order valence-electron chi connectivity index (χ3n) is 1.71. The van der Waals surface area contributed by atoms with Crippen molar-refractivity contribution < 1.29 is 21.6 Å². The second kappa shape index (κ2) is 5.16. The highest BCUT2D eigenvalue weighted by atomic mass is 32.2. The van der Waals surface area contributed by atoms with Crippen molar-refractivity contribution in [2.75, 3.05) is 0 Å². The lowest BCUT2D eigenvalue weighted by molar-refractivity contribution is 0.159. The van der Waals surface area contributed by atoms with Crippen LogP contribution in [0.4, 0.5) is 13.2 Å². The predicted octanol–water partition coefficient (Wildman–Crippen LogP) is 2.68. The fraction of sp³-hybridized carbons (Fsp3) is 0.200. The maximum atomic E-state index is 12.5. The fourth-order valence-corrected chi connectivity index (χ4v) is 2.26. The molecule has 16 heavy (non-hydrogen) atoms. The summed E-state index contributed by atoms with van der Waals surface area (Å²) in [7, 11) is -4.00. The molecule has 0 aromatic heterocycles. The molecule has 1 rings (SSSR count). The molecule has 0 radical (unpaired) electrons. The Hall–Kier alpha value is -1.30. The highest BCUT2D eigenvalue weighted by molar-refractivity contribution is 7.93. The van der Waals surface area contributed by atoms with Crippen molar-refractivity contribution in [2.45, 2.75) is 12.2 Å². The van der Waals surface area contributed by atoms with Crippen molar-refractivity contribution in [1.82, 2.24) is 0 Å². The maximum absolute atomic E-state index is 12.5. The van der Waals surface area contributed by atoms with Crippen LogP contribution in [0.1, 0.15) is 5.56 Å². The molecular weight excluding hydrogens is 241 g/mol. The van der Waals surface area contributed by atoms with Crippen molar-refractivity contribution in [3.8, 4) is 0 Å². The van der Waals surface area contributed by atoms with Gasteiger partial charge in [-0.1, -0.05) is 30.3 Å². The second-order valence-corrected chi connectivity index (χ2v) is 4.95. The first-order valence-corrected chi connectivity index (χ1v) is 6.04. The van der Waals surface area contributed by atoms with E-state index in [1.54, 1.807) is 18.2 Å². The normalized spacial score (nSPS) is 13.1. The minimum absolute atomic E-state index is 0.0231. The van der Waals surface area contributed by atoms with Crippen molar-refractivity contribution in [3.05, 3.63) is 47.1 Å². The van der Waals surface area contributed by atoms with E-state index in [2.05, 4.69) is 0 Å². The average Bonchev–Trinajstić information content (AvgIpc) is 2.17. The summed E-state index contributed by atoms with van der Waals surface area (Å²) in [5.74, 6) is -2.43. The van der Waals surface area contributed by atoms with Gasteiger partial charge in [0.05, 0.1) is 11.2 Å².